The second kappa shape index (κ2) is 4.91. The predicted octanol–water partition coefficient (Wildman–Crippen LogP) is 4.69. The van der Waals surface area contributed by atoms with Gasteiger partial charge in [0.1, 0.15) is 5.82 Å². The maximum absolute atomic E-state index is 4.51. The first-order chi connectivity index (χ1) is 10.4. The van der Waals surface area contributed by atoms with E-state index in [0.717, 1.165) is 17.1 Å². The highest BCUT2D eigenvalue weighted by molar-refractivity contribution is 5.84. The normalized spacial score (nSPS) is 10.9. The molecule has 2 heteroatoms. The van der Waals surface area contributed by atoms with E-state index >= 15 is 0 Å². The van der Waals surface area contributed by atoms with Crippen LogP contribution < -0.4 is 0 Å². The molecule has 21 heavy (non-hydrogen) atoms. The molecule has 0 unspecified atom stereocenters. The lowest BCUT2D eigenvalue weighted by atomic mass is 10.1. The molecule has 4 rings (SSSR count). The number of hydrogen-bond acceptors (Lipinski definition) is 1. The van der Waals surface area contributed by atoms with Crippen molar-refractivity contribution in [3.63, 3.8) is 0 Å². The van der Waals surface area contributed by atoms with Crippen LogP contribution in [0.2, 0.25) is 0 Å². The molecule has 0 saturated carbocycles. The summed E-state index contributed by atoms with van der Waals surface area (Å²) in [4.78, 5) is 4.51. The van der Waals surface area contributed by atoms with Crippen molar-refractivity contribution in [2.45, 2.75) is 0 Å². The van der Waals surface area contributed by atoms with Crippen molar-refractivity contribution < 1.29 is 0 Å². The fraction of sp³-hybridized carbons (Fsp3) is 0. The Kier molecular flexibility index (Phi) is 2.79. The van der Waals surface area contributed by atoms with Gasteiger partial charge >= 0.3 is 0 Å². The Balaban J connectivity index is 1.88. The van der Waals surface area contributed by atoms with Gasteiger partial charge in [0.25, 0.3) is 0 Å². The number of nitrogens with zero attached hydrogens (tertiary/aromatic N) is 2. The van der Waals surface area contributed by atoms with E-state index in [0.29, 0.717) is 0 Å². The van der Waals surface area contributed by atoms with Crippen LogP contribution in [0.25, 0.3) is 27.8 Å². The van der Waals surface area contributed by atoms with E-state index in [1.165, 1.54) is 10.8 Å². The minimum Gasteiger partial charge on any atom is -0.300 e. The van der Waals surface area contributed by atoms with Crippen molar-refractivity contribution in [2.75, 3.05) is 0 Å². The van der Waals surface area contributed by atoms with E-state index in [4.69, 9.17) is 0 Å². The molecule has 2 nitrogen and oxygen atoms in total. The largest absolute Gasteiger partial charge is 0.300 e. The first-order valence-electron chi connectivity index (χ1n) is 7.00. The van der Waals surface area contributed by atoms with Crippen LogP contribution in [0.3, 0.4) is 0 Å². The van der Waals surface area contributed by atoms with Gasteiger partial charge in [-0.25, -0.2) is 4.98 Å². The molecular formula is C19H14N2. The van der Waals surface area contributed by atoms with Gasteiger partial charge < -0.3 is 0 Å². The van der Waals surface area contributed by atoms with Gasteiger partial charge in [-0.15, -0.1) is 0 Å². The van der Waals surface area contributed by atoms with E-state index in [-0.39, 0.29) is 0 Å². The lowest BCUT2D eigenvalue weighted by Crippen LogP contribution is -1.96. The summed E-state index contributed by atoms with van der Waals surface area (Å²) in [5.74, 6) is 0.964. The summed E-state index contributed by atoms with van der Waals surface area (Å²) in [5.41, 5.74) is 2.25. The first kappa shape index (κ1) is 11.9. The van der Waals surface area contributed by atoms with Crippen molar-refractivity contribution in [1.82, 2.24) is 9.55 Å². The van der Waals surface area contributed by atoms with Crippen LogP contribution in [-0.4, -0.2) is 9.55 Å². The van der Waals surface area contributed by atoms with Crippen LogP contribution >= 0.6 is 0 Å². The summed E-state index contributed by atoms with van der Waals surface area (Å²) in [6, 6.07) is 25.1. The fourth-order valence-electron chi connectivity index (χ4n) is 2.64. The predicted molar refractivity (Wildman–Crippen MR) is 86.5 cm³/mol. The van der Waals surface area contributed by atoms with Crippen molar-refractivity contribution in [1.29, 1.82) is 0 Å². The third-order valence-corrected chi connectivity index (χ3v) is 3.68. The quantitative estimate of drug-likeness (QED) is 0.516. The maximum Gasteiger partial charge on any atom is 0.144 e. The number of aromatic nitrogens is 2. The Labute approximate surface area is 123 Å². The Morgan fingerprint density at radius 3 is 2.33 bits per heavy atom. The van der Waals surface area contributed by atoms with Crippen LogP contribution in [0, 0.1) is 0 Å². The number of imidazole rings is 1. The lowest BCUT2D eigenvalue weighted by Gasteiger charge is -2.09. The van der Waals surface area contributed by atoms with Crippen LogP contribution in [0.15, 0.2) is 85.2 Å². The van der Waals surface area contributed by atoms with Gasteiger partial charge in [-0.2, -0.15) is 0 Å². The monoisotopic (exact) mass is 270 g/mol. The van der Waals surface area contributed by atoms with Crippen molar-refractivity contribution >= 4 is 10.8 Å². The van der Waals surface area contributed by atoms with Crippen molar-refractivity contribution in [3.8, 4) is 17.1 Å². The fourth-order valence-corrected chi connectivity index (χ4v) is 2.64. The van der Waals surface area contributed by atoms with Gasteiger partial charge in [-0.3, -0.25) is 4.57 Å². The van der Waals surface area contributed by atoms with Crippen LogP contribution in [0.4, 0.5) is 0 Å². The standard InChI is InChI=1S/C19H14N2/c1-2-7-16(8-3-1)19-20-12-13-21(19)18-11-10-15-6-4-5-9-17(15)14-18/h1-14H. The molecule has 0 fully saturated rings. The Hall–Kier alpha value is -2.87. The maximum atomic E-state index is 4.51. The van der Waals surface area contributed by atoms with Crippen LogP contribution in [0.5, 0.6) is 0 Å². The molecular weight excluding hydrogens is 256 g/mol. The topological polar surface area (TPSA) is 17.8 Å². The van der Waals surface area contributed by atoms with E-state index in [1.54, 1.807) is 0 Å². The summed E-state index contributed by atoms with van der Waals surface area (Å²) in [5, 5.41) is 2.49. The number of benzene rings is 3. The van der Waals surface area contributed by atoms with E-state index < -0.39 is 0 Å². The highest BCUT2D eigenvalue weighted by atomic mass is 15.1. The number of rotatable bonds is 2. The zero-order valence-corrected chi connectivity index (χ0v) is 11.5. The van der Waals surface area contributed by atoms with Gasteiger partial charge in [0, 0.05) is 23.6 Å². The number of fused-ring (bicyclic) bond motifs is 1. The van der Waals surface area contributed by atoms with E-state index in [9.17, 15) is 0 Å². The van der Waals surface area contributed by atoms with Gasteiger partial charge in [0.15, 0.2) is 0 Å². The SMILES string of the molecule is c1ccc(-c2nccn2-c2ccc3ccccc3c2)cc1. The van der Waals surface area contributed by atoms with Crippen LogP contribution in [0.1, 0.15) is 0 Å². The molecule has 0 aliphatic heterocycles. The van der Waals surface area contributed by atoms with Crippen molar-refractivity contribution in [2.24, 2.45) is 0 Å². The third-order valence-electron chi connectivity index (χ3n) is 3.68. The molecule has 0 bridgehead atoms. The Morgan fingerprint density at radius 2 is 1.48 bits per heavy atom. The zero-order valence-electron chi connectivity index (χ0n) is 11.5. The van der Waals surface area contributed by atoms with E-state index in [1.807, 2.05) is 30.6 Å². The van der Waals surface area contributed by atoms with Gasteiger partial charge in [-0.05, 0) is 22.9 Å². The molecule has 100 valence electrons. The summed E-state index contributed by atoms with van der Waals surface area (Å²) in [6.45, 7) is 0. The lowest BCUT2D eigenvalue weighted by molar-refractivity contribution is 1.07. The summed E-state index contributed by atoms with van der Waals surface area (Å²) in [6.07, 6.45) is 3.85. The molecule has 0 saturated heterocycles. The van der Waals surface area contributed by atoms with Gasteiger partial charge in [-0.1, -0.05) is 60.7 Å². The Bertz CT molecular complexity index is 892. The minimum absolute atomic E-state index is 0.964. The van der Waals surface area contributed by atoms with Gasteiger partial charge in [0.05, 0.1) is 0 Å². The third kappa shape index (κ3) is 2.11. The summed E-state index contributed by atoms with van der Waals surface area (Å²) >= 11 is 0. The second-order valence-corrected chi connectivity index (χ2v) is 5.02. The summed E-state index contributed by atoms with van der Waals surface area (Å²) < 4.78 is 2.13. The van der Waals surface area contributed by atoms with Crippen LogP contribution in [-0.2, 0) is 0 Å². The summed E-state index contributed by atoms with van der Waals surface area (Å²) in [7, 11) is 0. The minimum atomic E-state index is 0.964. The molecule has 0 aliphatic rings. The second-order valence-electron chi connectivity index (χ2n) is 5.02. The van der Waals surface area contributed by atoms with Gasteiger partial charge in [0.2, 0.25) is 0 Å². The molecule has 0 aliphatic carbocycles. The molecule has 0 spiro atoms. The molecule has 0 atom stereocenters. The molecule has 0 radical (unpaired) electrons. The zero-order chi connectivity index (χ0) is 14.1. The van der Waals surface area contributed by atoms with E-state index in [2.05, 4.69) is 64.1 Å². The average molecular weight is 270 g/mol. The van der Waals surface area contributed by atoms with Crippen molar-refractivity contribution in [3.05, 3.63) is 85.2 Å². The molecule has 4 aromatic rings. The molecule has 0 amide bonds. The molecule has 1 heterocycles. The molecule has 3 aromatic carbocycles. The number of hydrogen-bond donors (Lipinski definition) is 0. The first-order valence-corrected chi connectivity index (χ1v) is 7.00. The average Bonchev–Trinajstić information content (AvgIpc) is 3.05. The molecule has 1 aromatic heterocycles. The smallest absolute Gasteiger partial charge is 0.144 e. The Morgan fingerprint density at radius 1 is 0.714 bits per heavy atom. The highest BCUT2D eigenvalue weighted by Crippen LogP contribution is 2.24. The molecule has 0 N–H and O–H groups in total. The highest BCUT2D eigenvalue weighted by Gasteiger charge is 2.07.